The van der Waals surface area contributed by atoms with Gasteiger partial charge in [-0.15, -0.1) is 0 Å². The summed E-state index contributed by atoms with van der Waals surface area (Å²) in [5, 5.41) is 4.13. The Balaban J connectivity index is 1.48. The highest BCUT2D eigenvalue weighted by Gasteiger charge is 2.33. The largest absolute Gasteiger partial charge is 0.355 e. The van der Waals surface area contributed by atoms with Gasteiger partial charge < -0.3 is 5.32 Å². The minimum atomic E-state index is -3.76. The summed E-state index contributed by atoms with van der Waals surface area (Å²) in [6, 6.07) is 10.1. The van der Waals surface area contributed by atoms with Crippen molar-refractivity contribution in [2.24, 2.45) is 5.92 Å². The third kappa shape index (κ3) is 6.35. The van der Waals surface area contributed by atoms with E-state index in [0.717, 1.165) is 17.7 Å². The maximum absolute atomic E-state index is 13.1. The van der Waals surface area contributed by atoms with E-state index in [0.29, 0.717) is 47.5 Å². The van der Waals surface area contributed by atoms with Gasteiger partial charge in [-0.1, -0.05) is 29.3 Å². The number of benzene rings is 2. The van der Waals surface area contributed by atoms with Gasteiger partial charge in [0.2, 0.25) is 15.9 Å². The first-order valence-electron chi connectivity index (χ1n) is 9.83. The third-order valence-corrected chi connectivity index (χ3v) is 8.63. The van der Waals surface area contributed by atoms with Gasteiger partial charge in [0.25, 0.3) is 0 Å². The molecule has 1 heterocycles. The van der Waals surface area contributed by atoms with Crippen molar-refractivity contribution >= 4 is 50.9 Å². The Morgan fingerprint density at radius 2 is 1.84 bits per heavy atom. The van der Waals surface area contributed by atoms with Crippen molar-refractivity contribution in [3.05, 3.63) is 63.9 Å². The van der Waals surface area contributed by atoms with Crippen LogP contribution in [0.25, 0.3) is 0 Å². The Bertz CT molecular complexity index is 1000. The zero-order valence-electron chi connectivity index (χ0n) is 16.7. The zero-order chi connectivity index (χ0) is 22.4. The molecule has 2 aromatic carbocycles. The first kappa shape index (κ1) is 24.3. The number of sulfonamides is 1. The first-order chi connectivity index (χ1) is 14.8. The van der Waals surface area contributed by atoms with Gasteiger partial charge in [0.15, 0.2) is 0 Å². The Labute approximate surface area is 196 Å². The number of nitrogens with one attached hydrogen (secondary N) is 1. The van der Waals surface area contributed by atoms with Crippen LogP contribution in [-0.2, 0) is 20.6 Å². The molecule has 168 valence electrons. The van der Waals surface area contributed by atoms with Crippen molar-refractivity contribution in [2.75, 3.05) is 25.4 Å². The van der Waals surface area contributed by atoms with E-state index in [1.165, 1.54) is 16.4 Å². The van der Waals surface area contributed by atoms with Gasteiger partial charge in [-0.25, -0.2) is 12.8 Å². The molecular formula is C21H23Cl2FN2O3S2. The summed E-state index contributed by atoms with van der Waals surface area (Å²) in [7, 11) is -3.76. The van der Waals surface area contributed by atoms with Gasteiger partial charge in [-0.2, -0.15) is 16.1 Å². The van der Waals surface area contributed by atoms with Crippen LogP contribution in [0.2, 0.25) is 10.0 Å². The summed E-state index contributed by atoms with van der Waals surface area (Å²) >= 11 is 13.9. The Kier molecular flexibility index (Phi) is 8.64. The van der Waals surface area contributed by atoms with Crippen LogP contribution >= 0.6 is 35.0 Å². The molecule has 0 bridgehead atoms. The van der Waals surface area contributed by atoms with Gasteiger partial charge in [0, 0.05) is 41.2 Å². The van der Waals surface area contributed by atoms with Crippen LogP contribution in [0.5, 0.6) is 0 Å². The van der Waals surface area contributed by atoms with Gasteiger partial charge in [-0.05, 0) is 54.8 Å². The van der Waals surface area contributed by atoms with Gasteiger partial charge in [0.1, 0.15) is 5.82 Å². The predicted molar refractivity (Wildman–Crippen MR) is 124 cm³/mol. The molecule has 1 amide bonds. The average molecular weight is 505 g/mol. The lowest BCUT2D eigenvalue weighted by molar-refractivity contribution is -0.125. The van der Waals surface area contributed by atoms with E-state index in [-0.39, 0.29) is 17.3 Å². The molecule has 0 aliphatic carbocycles. The molecule has 5 nitrogen and oxygen atoms in total. The van der Waals surface area contributed by atoms with Crippen molar-refractivity contribution in [1.29, 1.82) is 0 Å². The molecule has 10 heteroatoms. The van der Waals surface area contributed by atoms with Crippen molar-refractivity contribution in [2.45, 2.75) is 23.5 Å². The monoisotopic (exact) mass is 504 g/mol. The highest BCUT2D eigenvalue weighted by Crippen LogP contribution is 2.28. The molecule has 1 aliphatic heterocycles. The topological polar surface area (TPSA) is 66.5 Å². The molecule has 1 N–H and O–H groups in total. The van der Waals surface area contributed by atoms with Crippen LogP contribution < -0.4 is 5.32 Å². The van der Waals surface area contributed by atoms with E-state index in [2.05, 4.69) is 5.32 Å². The lowest BCUT2D eigenvalue weighted by atomic mass is 9.99. The average Bonchev–Trinajstić information content (AvgIpc) is 2.75. The SMILES string of the molecule is O=C(NCCSCc1c(Cl)cccc1Cl)[C@H]1CCCN(S(=O)(=O)c2ccc(F)cc2)C1. The summed E-state index contributed by atoms with van der Waals surface area (Å²) in [6.07, 6.45) is 1.22. The molecule has 0 radical (unpaired) electrons. The summed E-state index contributed by atoms with van der Waals surface area (Å²) in [6.45, 7) is 0.929. The van der Waals surface area contributed by atoms with Crippen molar-refractivity contribution < 1.29 is 17.6 Å². The predicted octanol–water partition coefficient (Wildman–Crippen LogP) is 4.58. The number of nitrogens with zero attached hydrogens (tertiary/aromatic N) is 1. The molecular weight excluding hydrogens is 482 g/mol. The molecule has 0 saturated carbocycles. The number of rotatable bonds is 8. The minimum absolute atomic E-state index is 0.0320. The smallest absolute Gasteiger partial charge is 0.243 e. The van der Waals surface area contributed by atoms with Gasteiger partial charge >= 0.3 is 0 Å². The number of hydrogen-bond acceptors (Lipinski definition) is 4. The second-order valence-electron chi connectivity index (χ2n) is 7.20. The number of hydrogen-bond donors (Lipinski definition) is 1. The minimum Gasteiger partial charge on any atom is -0.355 e. The Morgan fingerprint density at radius 3 is 2.52 bits per heavy atom. The van der Waals surface area contributed by atoms with Crippen LogP contribution in [0.1, 0.15) is 18.4 Å². The number of carbonyl (C=O) groups is 1. The van der Waals surface area contributed by atoms with E-state index >= 15 is 0 Å². The second kappa shape index (κ2) is 11.0. The number of piperidine rings is 1. The molecule has 0 unspecified atom stereocenters. The van der Waals surface area contributed by atoms with Crippen LogP contribution in [0.3, 0.4) is 0 Å². The lowest BCUT2D eigenvalue weighted by Crippen LogP contribution is -2.45. The molecule has 0 spiro atoms. The number of carbonyl (C=O) groups excluding carboxylic acids is 1. The Hall–Kier alpha value is -1.32. The fourth-order valence-corrected chi connectivity index (χ4v) is 6.48. The van der Waals surface area contributed by atoms with Crippen molar-refractivity contribution in [3.63, 3.8) is 0 Å². The summed E-state index contributed by atoms with van der Waals surface area (Å²) in [4.78, 5) is 12.6. The quantitative estimate of drug-likeness (QED) is 0.534. The van der Waals surface area contributed by atoms with Gasteiger partial charge in [0.05, 0.1) is 10.8 Å². The first-order valence-corrected chi connectivity index (χ1v) is 13.2. The fourth-order valence-electron chi connectivity index (χ4n) is 3.37. The summed E-state index contributed by atoms with van der Waals surface area (Å²) < 4.78 is 40.0. The molecule has 2 aromatic rings. The van der Waals surface area contributed by atoms with E-state index in [9.17, 15) is 17.6 Å². The molecule has 1 atom stereocenters. The standard InChI is InChI=1S/C21H23Cl2FN2O3S2/c22-19-4-1-5-20(23)18(19)14-30-12-10-25-21(27)15-3-2-11-26(13-15)31(28,29)17-8-6-16(24)7-9-17/h1,4-9,15H,2-3,10-14H2,(H,25,27)/t15-/m0/s1. The third-order valence-electron chi connectivity index (χ3n) is 5.06. The maximum atomic E-state index is 13.1. The summed E-state index contributed by atoms with van der Waals surface area (Å²) in [5.74, 6) is 0.255. The highest BCUT2D eigenvalue weighted by atomic mass is 35.5. The van der Waals surface area contributed by atoms with E-state index in [4.69, 9.17) is 23.2 Å². The summed E-state index contributed by atoms with van der Waals surface area (Å²) in [5.41, 5.74) is 0.871. The molecule has 1 saturated heterocycles. The number of thioether (sulfide) groups is 1. The van der Waals surface area contributed by atoms with Crippen LogP contribution in [0, 0.1) is 11.7 Å². The van der Waals surface area contributed by atoms with E-state index in [1.807, 2.05) is 0 Å². The number of amides is 1. The van der Waals surface area contributed by atoms with E-state index in [1.54, 1.807) is 30.0 Å². The molecule has 1 aliphatic rings. The molecule has 0 aromatic heterocycles. The molecule has 1 fully saturated rings. The normalized spacial score (nSPS) is 17.5. The molecule has 31 heavy (non-hydrogen) atoms. The second-order valence-corrected chi connectivity index (χ2v) is 11.1. The Morgan fingerprint density at radius 1 is 1.16 bits per heavy atom. The highest BCUT2D eigenvalue weighted by molar-refractivity contribution is 7.98. The van der Waals surface area contributed by atoms with Crippen LogP contribution in [0.4, 0.5) is 4.39 Å². The van der Waals surface area contributed by atoms with Gasteiger partial charge in [-0.3, -0.25) is 4.79 Å². The van der Waals surface area contributed by atoms with Crippen LogP contribution in [0.15, 0.2) is 47.4 Å². The molecule has 3 rings (SSSR count). The van der Waals surface area contributed by atoms with Crippen LogP contribution in [-0.4, -0.2) is 44.0 Å². The van der Waals surface area contributed by atoms with Crippen molar-refractivity contribution in [1.82, 2.24) is 9.62 Å². The fraction of sp³-hybridized carbons (Fsp3) is 0.381. The van der Waals surface area contributed by atoms with Crippen molar-refractivity contribution in [3.8, 4) is 0 Å². The lowest BCUT2D eigenvalue weighted by Gasteiger charge is -2.31. The number of halogens is 3. The zero-order valence-corrected chi connectivity index (χ0v) is 19.8. The van der Waals surface area contributed by atoms with E-state index < -0.39 is 21.8 Å². The maximum Gasteiger partial charge on any atom is 0.243 e.